The largest absolute Gasteiger partial charge is 0.365 e. The van der Waals surface area contributed by atoms with E-state index in [0.29, 0.717) is 21.8 Å². The van der Waals surface area contributed by atoms with Gasteiger partial charge in [-0.3, -0.25) is 9.48 Å². The molecule has 0 aliphatic carbocycles. The van der Waals surface area contributed by atoms with Crippen LogP contribution in [0, 0.1) is 5.82 Å². The number of halogens is 3. The van der Waals surface area contributed by atoms with Gasteiger partial charge in [0.25, 0.3) is 5.91 Å². The summed E-state index contributed by atoms with van der Waals surface area (Å²) in [4.78, 5) is 26.1. The number of nitrogens with two attached hydrogens (primary N) is 2. The van der Waals surface area contributed by atoms with E-state index in [1.54, 1.807) is 22.9 Å². The number of primary amides is 2. The Hall–Kier alpha value is -3.10. The lowest BCUT2D eigenvalue weighted by Gasteiger charge is -2.36. The first-order chi connectivity index (χ1) is 14.3. The van der Waals surface area contributed by atoms with Crippen LogP contribution in [0.5, 0.6) is 0 Å². The van der Waals surface area contributed by atoms with E-state index in [1.807, 2.05) is 0 Å². The monoisotopic (exact) mass is 447 g/mol. The Bertz CT molecular complexity index is 1180. The zero-order valence-electron chi connectivity index (χ0n) is 15.5. The minimum atomic E-state index is -0.821. The highest BCUT2D eigenvalue weighted by molar-refractivity contribution is 6.35. The first-order valence-electron chi connectivity index (χ1n) is 8.95. The third-order valence-electron chi connectivity index (χ3n) is 5.00. The molecular weight excluding hydrogens is 432 g/mol. The number of nitrogens with zero attached hydrogens (tertiary/aromatic N) is 3. The molecule has 2 heterocycles. The molecule has 10 heteroatoms. The maximum Gasteiger partial charge on any atom is 0.315 e. The predicted octanol–water partition coefficient (Wildman–Crippen LogP) is 3.58. The van der Waals surface area contributed by atoms with Gasteiger partial charge in [-0.1, -0.05) is 41.4 Å². The van der Waals surface area contributed by atoms with E-state index in [9.17, 15) is 14.0 Å². The SMILES string of the molecule is NC(=O)c1c(-c2cccc(F)c2)nn2c1C(c1ccc(Cl)cc1Cl)N(C(N)=O)CC2. The molecule has 0 saturated heterocycles. The molecule has 0 fully saturated rings. The Labute approximate surface area is 181 Å². The molecule has 0 bridgehead atoms. The van der Waals surface area contributed by atoms with E-state index >= 15 is 0 Å². The fourth-order valence-corrected chi connectivity index (χ4v) is 4.27. The molecule has 1 atom stereocenters. The number of carbonyl (C=O) groups is 2. The number of carbonyl (C=O) groups excluding carboxylic acids is 2. The summed E-state index contributed by atoms with van der Waals surface area (Å²) in [6.07, 6.45) is 0. The van der Waals surface area contributed by atoms with Crippen LogP contribution < -0.4 is 11.5 Å². The van der Waals surface area contributed by atoms with Gasteiger partial charge in [-0.05, 0) is 29.8 Å². The number of benzene rings is 2. The van der Waals surface area contributed by atoms with Crippen LogP contribution in [-0.2, 0) is 6.54 Å². The second kappa shape index (κ2) is 7.62. The summed E-state index contributed by atoms with van der Waals surface area (Å²) in [5, 5.41) is 5.20. The molecule has 2 aromatic carbocycles. The number of hydrogen-bond donors (Lipinski definition) is 2. The Balaban J connectivity index is 2.00. The molecule has 0 spiro atoms. The minimum Gasteiger partial charge on any atom is -0.365 e. The quantitative estimate of drug-likeness (QED) is 0.640. The summed E-state index contributed by atoms with van der Waals surface area (Å²) in [5.41, 5.74) is 12.9. The highest BCUT2D eigenvalue weighted by Crippen LogP contribution is 2.40. The van der Waals surface area contributed by atoms with Crippen LogP contribution in [-0.4, -0.2) is 33.2 Å². The van der Waals surface area contributed by atoms with Crippen molar-refractivity contribution < 1.29 is 14.0 Å². The van der Waals surface area contributed by atoms with Gasteiger partial charge in [0.05, 0.1) is 17.8 Å². The topological polar surface area (TPSA) is 107 Å². The Morgan fingerprint density at radius 3 is 2.50 bits per heavy atom. The van der Waals surface area contributed by atoms with Gasteiger partial charge in [0, 0.05) is 22.2 Å². The molecular formula is C20H16Cl2FN5O2. The van der Waals surface area contributed by atoms with Gasteiger partial charge >= 0.3 is 6.03 Å². The van der Waals surface area contributed by atoms with Gasteiger partial charge in [-0.2, -0.15) is 5.10 Å². The lowest BCUT2D eigenvalue weighted by Crippen LogP contribution is -2.46. The molecule has 4 rings (SSSR count). The molecule has 3 aromatic rings. The molecule has 7 nitrogen and oxygen atoms in total. The maximum absolute atomic E-state index is 13.8. The predicted molar refractivity (Wildman–Crippen MR) is 111 cm³/mol. The minimum absolute atomic E-state index is 0.0718. The van der Waals surface area contributed by atoms with Gasteiger partial charge in [0.2, 0.25) is 0 Å². The maximum atomic E-state index is 13.8. The first kappa shape index (κ1) is 20.2. The van der Waals surface area contributed by atoms with Crippen molar-refractivity contribution in [2.24, 2.45) is 11.5 Å². The van der Waals surface area contributed by atoms with Gasteiger partial charge in [-0.15, -0.1) is 0 Å². The van der Waals surface area contributed by atoms with Crippen molar-refractivity contribution in [1.29, 1.82) is 0 Å². The highest BCUT2D eigenvalue weighted by atomic mass is 35.5. The second-order valence-corrected chi connectivity index (χ2v) is 7.65. The molecule has 1 aliphatic rings. The first-order valence-corrected chi connectivity index (χ1v) is 9.71. The third kappa shape index (κ3) is 3.38. The van der Waals surface area contributed by atoms with Gasteiger partial charge in [0.1, 0.15) is 17.6 Å². The molecule has 30 heavy (non-hydrogen) atoms. The number of amides is 3. The summed E-state index contributed by atoms with van der Waals surface area (Å²) in [6, 6.07) is 8.97. The van der Waals surface area contributed by atoms with Crippen LogP contribution in [0.3, 0.4) is 0 Å². The van der Waals surface area contributed by atoms with E-state index in [1.165, 1.54) is 29.2 Å². The average molecular weight is 448 g/mol. The van der Waals surface area contributed by atoms with Crippen molar-refractivity contribution in [1.82, 2.24) is 14.7 Å². The van der Waals surface area contributed by atoms with Crippen LogP contribution in [0.2, 0.25) is 10.0 Å². The summed E-state index contributed by atoms with van der Waals surface area (Å²) in [7, 11) is 0. The molecule has 0 saturated carbocycles. The van der Waals surface area contributed by atoms with Crippen molar-refractivity contribution in [3.8, 4) is 11.3 Å². The van der Waals surface area contributed by atoms with Crippen molar-refractivity contribution >= 4 is 35.1 Å². The zero-order chi connectivity index (χ0) is 21.6. The van der Waals surface area contributed by atoms with E-state index < -0.39 is 23.8 Å². The van der Waals surface area contributed by atoms with Gasteiger partial charge in [-0.25, -0.2) is 9.18 Å². The van der Waals surface area contributed by atoms with E-state index in [2.05, 4.69) is 5.10 Å². The molecule has 0 radical (unpaired) electrons. The summed E-state index contributed by atoms with van der Waals surface area (Å²) in [5.74, 6) is -1.25. The van der Waals surface area contributed by atoms with Crippen LogP contribution in [0.25, 0.3) is 11.3 Å². The van der Waals surface area contributed by atoms with Crippen LogP contribution >= 0.6 is 23.2 Å². The Kier molecular flexibility index (Phi) is 5.13. The molecule has 1 unspecified atom stereocenters. The Morgan fingerprint density at radius 2 is 1.87 bits per heavy atom. The van der Waals surface area contributed by atoms with Gasteiger partial charge < -0.3 is 16.4 Å². The van der Waals surface area contributed by atoms with Crippen LogP contribution in [0.4, 0.5) is 9.18 Å². The number of rotatable bonds is 3. The lowest BCUT2D eigenvalue weighted by molar-refractivity contribution is 0.0995. The second-order valence-electron chi connectivity index (χ2n) is 6.81. The summed E-state index contributed by atoms with van der Waals surface area (Å²) in [6.45, 7) is 0.504. The summed E-state index contributed by atoms with van der Waals surface area (Å²) < 4.78 is 15.4. The van der Waals surface area contributed by atoms with E-state index in [4.69, 9.17) is 34.7 Å². The van der Waals surface area contributed by atoms with Crippen LogP contribution in [0.1, 0.15) is 27.7 Å². The standard InChI is InChI=1S/C20H16Cl2FN5O2/c21-11-4-5-13(14(22)9-11)17-18-15(19(24)29)16(10-2-1-3-12(23)8-10)26-28(18)7-6-27(17)20(25)30/h1-5,8-9,17H,6-7H2,(H2,24,29)(H2,25,30). The Morgan fingerprint density at radius 1 is 1.10 bits per heavy atom. The van der Waals surface area contributed by atoms with E-state index in [-0.39, 0.29) is 29.4 Å². The normalized spacial score (nSPS) is 15.7. The lowest BCUT2D eigenvalue weighted by atomic mass is 9.94. The number of urea groups is 1. The molecule has 3 amide bonds. The van der Waals surface area contributed by atoms with Crippen LogP contribution in [0.15, 0.2) is 42.5 Å². The van der Waals surface area contributed by atoms with Gasteiger partial charge in [0.15, 0.2) is 0 Å². The molecule has 4 N–H and O–H groups in total. The molecule has 1 aromatic heterocycles. The highest BCUT2D eigenvalue weighted by Gasteiger charge is 2.38. The van der Waals surface area contributed by atoms with Crippen molar-refractivity contribution in [3.05, 3.63) is 75.1 Å². The van der Waals surface area contributed by atoms with Crippen molar-refractivity contribution in [2.75, 3.05) is 6.54 Å². The molecule has 154 valence electrons. The zero-order valence-corrected chi connectivity index (χ0v) is 17.0. The third-order valence-corrected chi connectivity index (χ3v) is 5.56. The van der Waals surface area contributed by atoms with E-state index in [0.717, 1.165) is 0 Å². The smallest absolute Gasteiger partial charge is 0.315 e. The fraction of sp³-hybridized carbons (Fsp3) is 0.150. The summed E-state index contributed by atoms with van der Waals surface area (Å²) >= 11 is 12.4. The average Bonchev–Trinajstić information content (AvgIpc) is 3.07. The number of hydrogen-bond acceptors (Lipinski definition) is 3. The number of aromatic nitrogens is 2. The van der Waals surface area contributed by atoms with Crippen molar-refractivity contribution in [3.63, 3.8) is 0 Å². The number of fused-ring (bicyclic) bond motifs is 1. The molecule has 1 aliphatic heterocycles. The fourth-order valence-electron chi connectivity index (χ4n) is 3.76. The van der Waals surface area contributed by atoms with Crippen molar-refractivity contribution in [2.45, 2.75) is 12.6 Å².